The molecule has 0 bridgehead atoms. The quantitative estimate of drug-likeness (QED) is 0.661. The summed E-state index contributed by atoms with van der Waals surface area (Å²) in [6.45, 7) is 4.01. The molecule has 10 heteroatoms. The Morgan fingerprint density at radius 2 is 1.86 bits per heavy atom. The number of alkyl halides is 3. The third kappa shape index (κ3) is 3.04. The summed E-state index contributed by atoms with van der Waals surface area (Å²) in [5, 5.41) is 7.63. The Labute approximate surface area is 157 Å². The zero-order valence-corrected chi connectivity index (χ0v) is 15.0. The Morgan fingerprint density at radius 3 is 2.50 bits per heavy atom. The lowest BCUT2D eigenvalue weighted by Gasteiger charge is -2.37. The number of amides is 1. The van der Waals surface area contributed by atoms with E-state index in [9.17, 15) is 18.0 Å². The van der Waals surface area contributed by atoms with Crippen molar-refractivity contribution >= 4 is 11.7 Å². The highest BCUT2D eigenvalue weighted by Crippen LogP contribution is 2.33. The molecule has 0 radical (unpaired) electrons. The van der Waals surface area contributed by atoms with Crippen LogP contribution in [0.5, 0.6) is 0 Å². The molecule has 0 saturated heterocycles. The monoisotopic (exact) mass is 391 g/mol. The first-order valence-electron chi connectivity index (χ1n) is 8.64. The lowest BCUT2D eigenvalue weighted by atomic mass is 10.0. The summed E-state index contributed by atoms with van der Waals surface area (Å²) >= 11 is 0. The largest absolute Gasteiger partial charge is 0.471 e. The van der Waals surface area contributed by atoms with Crippen LogP contribution in [0.3, 0.4) is 0 Å². The number of hydrogen-bond donors (Lipinski definition) is 0. The van der Waals surface area contributed by atoms with Crippen LogP contribution in [0, 0.1) is 0 Å². The summed E-state index contributed by atoms with van der Waals surface area (Å²) in [6.07, 6.45) is -2.28. The molecule has 7 nitrogen and oxygen atoms in total. The van der Waals surface area contributed by atoms with E-state index in [0.717, 1.165) is 6.42 Å². The zero-order valence-electron chi connectivity index (χ0n) is 15.0. The fraction of sp³-hybridized carbons (Fsp3) is 0.333. The van der Waals surface area contributed by atoms with Crippen LogP contribution in [-0.2, 0) is 6.18 Å². The number of carbonyl (C=O) groups excluding carboxylic acids is 1. The van der Waals surface area contributed by atoms with Crippen molar-refractivity contribution in [2.45, 2.75) is 38.5 Å². The minimum atomic E-state index is -4.70. The Kier molecular flexibility index (Phi) is 4.20. The summed E-state index contributed by atoms with van der Waals surface area (Å²) in [4.78, 5) is 18.1. The van der Waals surface area contributed by atoms with Gasteiger partial charge < -0.3 is 4.52 Å². The first-order chi connectivity index (χ1) is 13.3. The van der Waals surface area contributed by atoms with Gasteiger partial charge in [-0.3, -0.25) is 9.69 Å². The smallest absolute Gasteiger partial charge is 0.329 e. The fourth-order valence-corrected chi connectivity index (χ4v) is 3.42. The van der Waals surface area contributed by atoms with Crippen LogP contribution in [0.1, 0.15) is 42.6 Å². The molecular formula is C18H16F3N5O2. The van der Waals surface area contributed by atoms with E-state index in [1.54, 1.807) is 17.2 Å². The number of aromatic nitrogens is 4. The number of halogens is 3. The van der Waals surface area contributed by atoms with Gasteiger partial charge in [-0.1, -0.05) is 17.3 Å². The van der Waals surface area contributed by atoms with E-state index in [1.165, 1.54) is 24.3 Å². The number of nitrogens with zero attached hydrogens (tertiary/aromatic N) is 5. The highest BCUT2D eigenvalue weighted by molar-refractivity contribution is 6.06. The number of benzene rings is 1. The van der Waals surface area contributed by atoms with Gasteiger partial charge in [0.2, 0.25) is 5.82 Å². The third-order valence-electron chi connectivity index (χ3n) is 4.71. The van der Waals surface area contributed by atoms with Gasteiger partial charge in [0.25, 0.3) is 5.91 Å². The summed E-state index contributed by atoms with van der Waals surface area (Å²) in [5.74, 6) is -1.10. The predicted molar refractivity (Wildman–Crippen MR) is 92.6 cm³/mol. The van der Waals surface area contributed by atoms with Crippen molar-refractivity contribution in [1.29, 1.82) is 0 Å². The van der Waals surface area contributed by atoms with E-state index < -0.39 is 12.1 Å². The van der Waals surface area contributed by atoms with Gasteiger partial charge in [-0.2, -0.15) is 23.3 Å². The number of fused-ring (bicyclic) bond motifs is 1. The van der Waals surface area contributed by atoms with Crippen molar-refractivity contribution in [1.82, 2.24) is 19.9 Å². The molecule has 0 spiro atoms. The van der Waals surface area contributed by atoms with Crippen molar-refractivity contribution in [2.24, 2.45) is 0 Å². The van der Waals surface area contributed by atoms with E-state index in [1.807, 2.05) is 18.5 Å². The Morgan fingerprint density at radius 1 is 1.14 bits per heavy atom. The normalized spacial score (nSPS) is 19.5. The molecule has 4 rings (SSSR count). The Bertz CT molecular complexity index is 1010. The third-order valence-corrected chi connectivity index (χ3v) is 4.71. The number of anilines is 1. The average Bonchev–Trinajstić information content (AvgIpc) is 3.31. The molecule has 0 fully saturated rings. The molecule has 1 amide bonds. The predicted octanol–water partition coefficient (Wildman–Crippen LogP) is 3.95. The highest BCUT2D eigenvalue weighted by atomic mass is 19.4. The molecule has 2 atom stereocenters. The second-order valence-corrected chi connectivity index (χ2v) is 6.74. The van der Waals surface area contributed by atoms with Crippen LogP contribution < -0.4 is 4.90 Å². The highest BCUT2D eigenvalue weighted by Gasteiger charge is 2.38. The molecule has 0 saturated carbocycles. The van der Waals surface area contributed by atoms with Crippen molar-refractivity contribution < 1.29 is 22.5 Å². The topological polar surface area (TPSA) is 77.1 Å². The second-order valence-electron chi connectivity index (χ2n) is 6.74. The molecule has 0 unspecified atom stereocenters. The van der Waals surface area contributed by atoms with Gasteiger partial charge in [0.05, 0.1) is 12.2 Å². The van der Waals surface area contributed by atoms with Crippen LogP contribution in [-0.4, -0.2) is 31.9 Å². The van der Waals surface area contributed by atoms with E-state index in [0.29, 0.717) is 16.9 Å². The molecule has 0 N–H and O–H groups in total. The van der Waals surface area contributed by atoms with Crippen LogP contribution in [0.25, 0.3) is 11.4 Å². The Hall–Kier alpha value is -3.17. The molecule has 2 aromatic heterocycles. The number of rotatable bonds is 2. The molecule has 1 aliphatic rings. The van der Waals surface area contributed by atoms with Gasteiger partial charge in [0, 0.05) is 23.2 Å². The van der Waals surface area contributed by atoms with Crippen molar-refractivity contribution in [2.75, 3.05) is 4.90 Å². The summed E-state index contributed by atoms with van der Waals surface area (Å²) in [7, 11) is 0. The molecule has 0 aliphatic carbocycles. The zero-order chi connectivity index (χ0) is 20.1. The van der Waals surface area contributed by atoms with Crippen LogP contribution >= 0.6 is 0 Å². The average molecular weight is 391 g/mol. The summed E-state index contributed by atoms with van der Waals surface area (Å²) < 4.78 is 43.8. The second kappa shape index (κ2) is 6.47. The molecule has 3 heterocycles. The van der Waals surface area contributed by atoms with Crippen LogP contribution in [0.2, 0.25) is 0 Å². The molecular weight excluding hydrogens is 375 g/mol. The minimum absolute atomic E-state index is 0.0158. The lowest BCUT2D eigenvalue weighted by molar-refractivity contribution is -0.159. The molecule has 1 aromatic carbocycles. The van der Waals surface area contributed by atoms with Gasteiger partial charge >= 0.3 is 12.1 Å². The summed E-state index contributed by atoms with van der Waals surface area (Å²) in [6, 6.07) is 8.01. The number of hydrogen-bond acceptors (Lipinski definition) is 5. The SMILES string of the molecule is C[C@@H]1C[C@H](C)N(C(=O)c2ccc(-c3noc(C(F)(F)F)n3)cc2)c2ccnn21. The maximum atomic E-state index is 13.0. The van der Waals surface area contributed by atoms with E-state index in [-0.39, 0.29) is 23.8 Å². The Balaban J connectivity index is 1.60. The van der Waals surface area contributed by atoms with Crippen LogP contribution in [0.15, 0.2) is 41.1 Å². The maximum Gasteiger partial charge on any atom is 0.471 e. The molecule has 3 aromatic rings. The first kappa shape index (κ1) is 18.2. The van der Waals surface area contributed by atoms with Gasteiger partial charge in [-0.15, -0.1) is 0 Å². The van der Waals surface area contributed by atoms with Gasteiger partial charge in [0.15, 0.2) is 0 Å². The maximum absolute atomic E-state index is 13.0. The van der Waals surface area contributed by atoms with Crippen molar-refractivity contribution in [3.63, 3.8) is 0 Å². The fourth-order valence-electron chi connectivity index (χ4n) is 3.42. The molecule has 1 aliphatic heterocycles. The number of carbonyl (C=O) groups is 1. The molecule has 146 valence electrons. The van der Waals surface area contributed by atoms with Crippen molar-refractivity contribution in [3.8, 4) is 11.4 Å². The van der Waals surface area contributed by atoms with Gasteiger partial charge in [-0.05, 0) is 32.4 Å². The lowest BCUT2D eigenvalue weighted by Crippen LogP contribution is -2.44. The van der Waals surface area contributed by atoms with E-state index in [2.05, 4.69) is 19.8 Å². The minimum Gasteiger partial charge on any atom is -0.329 e. The first-order valence-corrected chi connectivity index (χ1v) is 8.64. The van der Waals surface area contributed by atoms with Crippen molar-refractivity contribution in [3.05, 3.63) is 48.0 Å². The van der Waals surface area contributed by atoms with Gasteiger partial charge in [-0.25, -0.2) is 4.68 Å². The van der Waals surface area contributed by atoms with Gasteiger partial charge in [0.1, 0.15) is 5.82 Å². The van der Waals surface area contributed by atoms with E-state index >= 15 is 0 Å². The van der Waals surface area contributed by atoms with Crippen LogP contribution in [0.4, 0.5) is 19.0 Å². The standard InChI is InChI=1S/C18H16F3N5O2/c1-10-9-11(2)26-14(7-8-22-26)25(10)16(27)13-5-3-12(4-6-13)15-23-17(28-24-15)18(19,20)21/h3-8,10-11H,9H2,1-2H3/t10-,11+/m0/s1. The molecule has 28 heavy (non-hydrogen) atoms. The summed E-state index contributed by atoms with van der Waals surface area (Å²) in [5.41, 5.74) is 0.721. The van der Waals surface area contributed by atoms with E-state index in [4.69, 9.17) is 0 Å².